The second kappa shape index (κ2) is 7.86. The van der Waals surface area contributed by atoms with Crippen LogP contribution < -0.4 is 11.1 Å². The predicted octanol–water partition coefficient (Wildman–Crippen LogP) is -1.35. The van der Waals surface area contributed by atoms with Crippen molar-refractivity contribution in [2.24, 2.45) is 5.73 Å². The highest BCUT2D eigenvalue weighted by atomic mass is 32.2. The van der Waals surface area contributed by atoms with Crippen LogP contribution in [0.4, 0.5) is 0 Å². The predicted molar refractivity (Wildman–Crippen MR) is 78.8 cm³/mol. The molecule has 0 unspecified atom stereocenters. The van der Waals surface area contributed by atoms with Gasteiger partial charge in [0, 0.05) is 6.54 Å². The Morgan fingerprint density at radius 3 is 2.50 bits per heavy atom. The van der Waals surface area contributed by atoms with Crippen LogP contribution in [0.2, 0.25) is 0 Å². The van der Waals surface area contributed by atoms with Gasteiger partial charge in [-0.3, -0.25) is 14.2 Å². The summed E-state index contributed by atoms with van der Waals surface area (Å²) in [5.74, 6) is -1.69. The zero-order valence-electron chi connectivity index (χ0n) is 12.4. The van der Waals surface area contributed by atoms with Crippen LogP contribution in [0.1, 0.15) is 25.7 Å². The maximum absolute atomic E-state index is 12.2. The van der Waals surface area contributed by atoms with Crippen LogP contribution in [0, 0.1) is 0 Å². The van der Waals surface area contributed by atoms with E-state index in [1.165, 1.54) is 4.90 Å². The molecular formula is C12H23N3O6S. The van der Waals surface area contributed by atoms with Gasteiger partial charge >= 0.3 is 5.97 Å². The lowest BCUT2D eigenvalue weighted by molar-refractivity contribution is -0.142. The molecule has 0 aliphatic carbocycles. The molecule has 1 rings (SSSR count). The molecule has 22 heavy (non-hydrogen) atoms. The van der Waals surface area contributed by atoms with Crippen molar-refractivity contribution in [3.63, 3.8) is 0 Å². The lowest BCUT2D eigenvalue weighted by Crippen LogP contribution is -2.48. The lowest BCUT2D eigenvalue weighted by atomic mass is 10.1. The monoisotopic (exact) mass is 337 g/mol. The Hall–Kier alpha value is -1.23. The average molecular weight is 337 g/mol. The van der Waals surface area contributed by atoms with E-state index >= 15 is 0 Å². The Morgan fingerprint density at radius 1 is 1.41 bits per heavy atom. The van der Waals surface area contributed by atoms with Gasteiger partial charge in [0.2, 0.25) is 5.91 Å². The fraction of sp³-hybridized carbons (Fsp3) is 0.833. The Morgan fingerprint density at radius 2 is 2.05 bits per heavy atom. The van der Waals surface area contributed by atoms with Gasteiger partial charge in [0.25, 0.3) is 10.1 Å². The third kappa shape index (κ3) is 5.20. The van der Waals surface area contributed by atoms with E-state index in [9.17, 15) is 18.0 Å². The van der Waals surface area contributed by atoms with Crippen LogP contribution in [-0.2, 0) is 19.7 Å². The molecule has 0 aromatic heterocycles. The number of rotatable bonds is 8. The molecule has 0 aromatic rings. The number of nitrogens with one attached hydrogen (secondary N) is 1. The summed E-state index contributed by atoms with van der Waals surface area (Å²) in [5.41, 5.74) is 5.34. The number of nitrogens with two attached hydrogens (primary N) is 1. The molecular weight excluding hydrogens is 314 g/mol. The number of carboxylic acid groups (broad SMARTS) is 1. The van der Waals surface area contributed by atoms with Crippen molar-refractivity contribution in [2.45, 2.75) is 43.0 Å². The van der Waals surface area contributed by atoms with Crippen molar-refractivity contribution in [3.8, 4) is 0 Å². The van der Waals surface area contributed by atoms with E-state index in [2.05, 4.69) is 5.32 Å². The van der Waals surface area contributed by atoms with Gasteiger partial charge in [0.15, 0.2) is 0 Å². The van der Waals surface area contributed by atoms with E-state index in [1.807, 2.05) is 0 Å². The Balaban J connectivity index is 2.64. The minimum atomic E-state index is -4.22. The molecule has 1 saturated heterocycles. The van der Waals surface area contributed by atoms with Crippen LogP contribution in [0.3, 0.4) is 0 Å². The number of carbonyl (C=O) groups is 2. The van der Waals surface area contributed by atoms with Crippen molar-refractivity contribution < 1.29 is 27.7 Å². The molecule has 1 aliphatic heterocycles. The topological polar surface area (TPSA) is 150 Å². The smallest absolute Gasteiger partial charge is 0.326 e. The highest BCUT2D eigenvalue weighted by molar-refractivity contribution is 7.86. The van der Waals surface area contributed by atoms with Crippen LogP contribution in [0.5, 0.6) is 0 Å². The number of amides is 1. The highest BCUT2D eigenvalue weighted by Gasteiger charge is 2.41. The maximum atomic E-state index is 12.2. The van der Waals surface area contributed by atoms with E-state index in [0.29, 0.717) is 19.4 Å². The number of carboxylic acids is 1. The number of hydrogen-bond donors (Lipinski definition) is 4. The number of likely N-dealkylation sites (N-methyl/N-ethyl adjacent to an activating group) is 1. The molecule has 0 bridgehead atoms. The lowest BCUT2D eigenvalue weighted by Gasteiger charge is -2.21. The van der Waals surface area contributed by atoms with Gasteiger partial charge in [-0.15, -0.1) is 0 Å². The third-order valence-corrected chi connectivity index (χ3v) is 4.98. The molecule has 0 aromatic carbocycles. The van der Waals surface area contributed by atoms with Gasteiger partial charge in [0.1, 0.15) is 11.3 Å². The minimum Gasteiger partial charge on any atom is -0.480 e. The first-order valence-electron chi connectivity index (χ1n) is 7.06. The highest BCUT2D eigenvalue weighted by Crippen LogP contribution is 2.21. The summed E-state index contributed by atoms with van der Waals surface area (Å²) in [6.45, 7) is 0.476. The fourth-order valence-electron chi connectivity index (χ4n) is 2.49. The molecule has 0 saturated carbocycles. The number of aliphatic carboxylic acids is 1. The Bertz CT molecular complexity index is 509. The van der Waals surface area contributed by atoms with E-state index in [0.717, 1.165) is 0 Å². The molecule has 0 radical (unpaired) electrons. The van der Waals surface area contributed by atoms with Crippen LogP contribution in [-0.4, -0.2) is 72.3 Å². The molecule has 1 amide bonds. The van der Waals surface area contributed by atoms with E-state index in [-0.39, 0.29) is 19.4 Å². The molecule has 3 atom stereocenters. The van der Waals surface area contributed by atoms with Crippen molar-refractivity contribution in [1.29, 1.82) is 0 Å². The van der Waals surface area contributed by atoms with Gasteiger partial charge in [0.05, 0.1) is 6.04 Å². The van der Waals surface area contributed by atoms with Crippen molar-refractivity contribution in [1.82, 2.24) is 10.2 Å². The van der Waals surface area contributed by atoms with Gasteiger partial charge in [-0.05, 0) is 39.3 Å². The molecule has 0 spiro atoms. The van der Waals surface area contributed by atoms with Gasteiger partial charge in [-0.2, -0.15) is 8.42 Å². The van der Waals surface area contributed by atoms with E-state index in [4.69, 9.17) is 15.4 Å². The maximum Gasteiger partial charge on any atom is 0.326 e. The minimum absolute atomic E-state index is 0.0296. The standard InChI is InChI=1S/C12H23N3O6S/c1-15-7-8(22(19,20)21)6-10(15)11(16)14-9(12(17)18)4-2-3-5-13/h8-10H,2-7,13H2,1H3,(H,14,16)(H,17,18)(H,19,20,21)/t8-,9-,10-/m0/s1. The molecule has 1 heterocycles. The largest absolute Gasteiger partial charge is 0.480 e. The number of likely N-dealkylation sites (tertiary alicyclic amines) is 1. The summed E-state index contributed by atoms with van der Waals surface area (Å²) in [7, 11) is -2.66. The van der Waals surface area contributed by atoms with Crippen molar-refractivity contribution in [2.75, 3.05) is 20.1 Å². The second-order valence-corrected chi connectivity index (χ2v) is 7.21. The molecule has 1 aliphatic rings. The van der Waals surface area contributed by atoms with E-state index in [1.54, 1.807) is 7.05 Å². The molecule has 1 fully saturated rings. The zero-order valence-corrected chi connectivity index (χ0v) is 13.3. The summed E-state index contributed by atoms with van der Waals surface area (Å²) in [4.78, 5) is 24.8. The summed E-state index contributed by atoms with van der Waals surface area (Å²) >= 11 is 0. The Kier molecular flexibility index (Phi) is 6.72. The zero-order chi connectivity index (χ0) is 16.9. The number of nitrogens with zero attached hydrogens (tertiary/aromatic N) is 1. The molecule has 5 N–H and O–H groups in total. The first kappa shape index (κ1) is 18.8. The van der Waals surface area contributed by atoms with Crippen molar-refractivity contribution in [3.05, 3.63) is 0 Å². The molecule has 128 valence electrons. The average Bonchev–Trinajstić information content (AvgIpc) is 2.79. The van der Waals surface area contributed by atoms with Gasteiger partial charge < -0.3 is 16.2 Å². The van der Waals surface area contributed by atoms with Gasteiger partial charge in [-0.1, -0.05) is 0 Å². The SMILES string of the molecule is CN1C[C@@H](S(=O)(=O)O)C[C@H]1C(=O)N[C@@H](CCCCN)C(=O)O. The van der Waals surface area contributed by atoms with Gasteiger partial charge in [-0.25, -0.2) is 4.79 Å². The number of carbonyl (C=O) groups excluding carboxylic acids is 1. The quantitative estimate of drug-likeness (QED) is 0.313. The summed E-state index contributed by atoms with van der Waals surface area (Å²) in [6, 6.07) is -1.81. The first-order valence-corrected chi connectivity index (χ1v) is 8.57. The van der Waals surface area contributed by atoms with E-state index < -0.39 is 39.3 Å². The van der Waals surface area contributed by atoms with Crippen molar-refractivity contribution >= 4 is 22.0 Å². The fourth-order valence-corrected chi connectivity index (χ4v) is 3.34. The Labute approximate surface area is 129 Å². The third-order valence-electron chi connectivity index (χ3n) is 3.80. The van der Waals surface area contributed by atoms with Crippen LogP contribution in [0.15, 0.2) is 0 Å². The number of unbranched alkanes of at least 4 members (excludes halogenated alkanes) is 1. The first-order chi connectivity index (χ1) is 10.2. The summed E-state index contributed by atoms with van der Waals surface area (Å²) in [5, 5.41) is 10.5. The number of hydrogen-bond acceptors (Lipinski definition) is 6. The van der Waals surface area contributed by atoms with Crippen LogP contribution in [0.25, 0.3) is 0 Å². The second-order valence-electron chi connectivity index (χ2n) is 5.51. The molecule has 9 nitrogen and oxygen atoms in total. The summed E-state index contributed by atoms with van der Waals surface area (Å²) in [6.07, 6.45) is 1.43. The normalized spacial score (nSPS) is 24.1. The summed E-state index contributed by atoms with van der Waals surface area (Å²) < 4.78 is 31.3. The molecule has 10 heteroatoms. The van der Waals surface area contributed by atoms with Crippen LogP contribution >= 0.6 is 0 Å².